The standard InChI is InChI=1S/C14H18O4/c15-13(17-11-7-3-1-4-8-11)14(16)18-12-9-5-2-6-10-12/h7,9H,1-6,8,10H2. The van der Waals surface area contributed by atoms with Crippen LogP contribution in [-0.2, 0) is 19.1 Å². The van der Waals surface area contributed by atoms with Crippen molar-refractivity contribution in [2.24, 2.45) is 0 Å². The summed E-state index contributed by atoms with van der Waals surface area (Å²) in [5.74, 6) is -0.620. The van der Waals surface area contributed by atoms with E-state index in [0.29, 0.717) is 11.5 Å². The van der Waals surface area contributed by atoms with Gasteiger partial charge in [-0.3, -0.25) is 0 Å². The van der Waals surface area contributed by atoms with Crippen LogP contribution in [0.15, 0.2) is 23.7 Å². The van der Waals surface area contributed by atoms with Crippen molar-refractivity contribution in [1.82, 2.24) is 0 Å². The van der Waals surface area contributed by atoms with E-state index in [2.05, 4.69) is 0 Å². The number of ether oxygens (including phenoxy) is 2. The molecule has 0 aromatic rings. The van der Waals surface area contributed by atoms with Crippen molar-refractivity contribution < 1.29 is 19.1 Å². The molecule has 0 aromatic heterocycles. The van der Waals surface area contributed by atoms with Crippen LogP contribution in [0.25, 0.3) is 0 Å². The fourth-order valence-electron chi connectivity index (χ4n) is 2.12. The number of hydrogen-bond donors (Lipinski definition) is 0. The summed E-state index contributed by atoms with van der Waals surface area (Å²) in [5.41, 5.74) is 0. The fourth-order valence-corrected chi connectivity index (χ4v) is 2.12. The summed E-state index contributed by atoms with van der Waals surface area (Å²) in [5, 5.41) is 0. The van der Waals surface area contributed by atoms with Crippen LogP contribution < -0.4 is 0 Å². The van der Waals surface area contributed by atoms with Gasteiger partial charge in [-0.05, 0) is 50.7 Å². The van der Waals surface area contributed by atoms with E-state index in [1.807, 2.05) is 12.2 Å². The molecule has 0 bridgehead atoms. The van der Waals surface area contributed by atoms with Crippen LogP contribution >= 0.6 is 0 Å². The van der Waals surface area contributed by atoms with Crippen molar-refractivity contribution in [2.45, 2.75) is 51.4 Å². The average Bonchev–Trinajstić information content (AvgIpc) is 2.41. The Bertz CT molecular complexity index is 355. The lowest BCUT2D eigenvalue weighted by atomic mass is 10.1. The zero-order valence-corrected chi connectivity index (χ0v) is 10.4. The molecule has 0 unspecified atom stereocenters. The normalized spacial score (nSPS) is 19.6. The van der Waals surface area contributed by atoms with Gasteiger partial charge in [0.1, 0.15) is 11.5 Å². The molecule has 0 aliphatic heterocycles. The van der Waals surface area contributed by atoms with E-state index in [0.717, 1.165) is 51.4 Å². The Kier molecular flexibility index (Phi) is 4.56. The number of carbonyl (C=O) groups excluding carboxylic acids is 2. The highest BCUT2D eigenvalue weighted by Crippen LogP contribution is 2.20. The molecule has 0 atom stereocenters. The van der Waals surface area contributed by atoms with Crippen LogP contribution in [-0.4, -0.2) is 11.9 Å². The molecule has 4 heteroatoms. The summed E-state index contributed by atoms with van der Waals surface area (Å²) < 4.78 is 10.0. The summed E-state index contributed by atoms with van der Waals surface area (Å²) in [6, 6.07) is 0. The predicted molar refractivity (Wildman–Crippen MR) is 65.3 cm³/mol. The first-order valence-corrected chi connectivity index (χ1v) is 6.58. The molecule has 0 N–H and O–H groups in total. The second kappa shape index (κ2) is 6.38. The number of esters is 2. The number of carbonyl (C=O) groups is 2. The fraction of sp³-hybridized carbons (Fsp3) is 0.571. The molecule has 4 nitrogen and oxygen atoms in total. The summed E-state index contributed by atoms with van der Waals surface area (Å²) in [4.78, 5) is 23.0. The van der Waals surface area contributed by atoms with Crippen LogP contribution in [0.4, 0.5) is 0 Å². The van der Waals surface area contributed by atoms with Crippen LogP contribution in [0.5, 0.6) is 0 Å². The van der Waals surface area contributed by atoms with Crippen LogP contribution in [0, 0.1) is 0 Å². The molecule has 2 rings (SSSR count). The van der Waals surface area contributed by atoms with Crippen molar-refractivity contribution in [3.05, 3.63) is 23.7 Å². The minimum absolute atomic E-state index is 0.598. The van der Waals surface area contributed by atoms with Gasteiger partial charge in [-0.15, -0.1) is 0 Å². The van der Waals surface area contributed by atoms with Crippen molar-refractivity contribution in [1.29, 1.82) is 0 Å². The van der Waals surface area contributed by atoms with Crippen molar-refractivity contribution >= 4 is 11.9 Å². The smallest absolute Gasteiger partial charge is 0.422 e. The Morgan fingerprint density at radius 2 is 1.22 bits per heavy atom. The van der Waals surface area contributed by atoms with Crippen LogP contribution in [0.2, 0.25) is 0 Å². The molecule has 0 saturated carbocycles. The van der Waals surface area contributed by atoms with Crippen LogP contribution in [0.3, 0.4) is 0 Å². The maximum atomic E-state index is 11.5. The molecular formula is C14H18O4. The van der Waals surface area contributed by atoms with Crippen LogP contribution in [0.1, 0.15) is 51.4 Å². The van der Waals surface area contributed by atoms with E-state index < -0.39 is 11.9 Å². The molecule has 0 saturated heterocycles. The first-order chi connectivity index (χ1) is 8.75. The molecule has 0 amide bonds. The third-order valence-electron chi connectivity index (χ3n) is 3.11. The van der Waals surface area contributed by atoms with Crippen molar-refractivity contribution in [3.8, 4) is 0 Å². The van der Waals surface area contributed by atoms with Crippen molar-refractivity contribution in [3.63, 3.8) is 0 Å². The first kappa shape index (κ1) is 12.9. The topological polar surface area (TPSA) is 52.6 Å². The van der Waals surface area contributed by atoms with Gasteiger partial charge in [0, 0.05) is 12.8 Å². The molecule has 0 fully saturated rings. The zero-order chi connectivity index (χ0) is 12.8. The molecule has 2 aliphatic carbocycles. The Hall–Kier alpha value is -1.58. The molecule has 2 aliphatic rings. The summed E-state index contributed by atoms with van der Waals surface area (Å²) in [6.45, 7) is 0. The van der Waals surface area contributed by atoms with E-state index in [9.17, 15) is 9.59 Å². The van der Waals surface area contributed by atoms with Gasteiger partial charge in [0.05, 0.1) is 0 Å². The summed E-state index contributed by atoms with van der Waals surface area (Å²) in [6.07, 6.45) is 11.2. The highest BCUT2D eigenvalue weighted by atomic mass is 16.6. The number of hydrogen-bond acceptors (Lipinski definition) is 4. The Morgan fingerprint density at radius 3 is 1.56 bits per heavy atom. The van der Waals surface area contributed by atoms with Gasteiger partial charge in [0.2, 0.25) is 0 Å². The summed E-state index contributed by atoms with van der Waals surface area (Å²) >= 11 is 0. The highest BCUT2D eigenvalue weighted by Gasteiger charge is 2.22. The zero-order valence-electron chi connectivity index (χ0n) is 10.4. The average molecular weight is 250 g/mol. The van der Waals surface area contributed by atoms with Gasteiger partial charge in [-0.1, -0.05) is 0 Å². The van der Waals surface area contributed by atoms with Gasteiger partial charge in [0.25, 0.3) is 0 Å². The SMILES string of the molecule is O=C(OC1=CCCCC1)C(=O)OC1=CCCCC1. The maximum Gasteiger partial charge on any atom is 0.422 e. The van der Waals surface area contributed by atoms with Gasteiger partial charge < -0.3 is 9.47 Å². The Balaban J connectivity index is 1.82. The lowest BCUT2D eigenvalue weighted by molar-refractivity contribution is -0.163. The second-order valence-electron chi connectivity index (χ2n) is 4.61. The van der Waals surface area contributed by atoms with Gasteiger partial charge >= 0.3 is 11.9 Å². The van der Waals surface area contributed by atoms with E-state index >= 15 is 0 Å². The second-order valence-corrected chi connectivity index (χ2v) is 4.61. The third-order valence-corrected chi connectivity index (χ3v) is 3.11. The molecule has 0 heterocycles. The predicted octanol–water partition coefficient (Wildman–Crippen LogP) is 2.99. The molecule has 0 radical (unpaired) electrons. The molecule has 0 aromatic carbocycles. The van der Waals surface area contributed by atoms with Gasteiger partial charge in [-0.25, -0.2) is 9.59 Å². The van der Waals surface area contributed by atoms with E-state index in [4.69, 9.17) is 9.47 Å². The monoisotopic (exact) mass is 250 g/mol. The third kappa shape index (κ3) is 3.72. The quantitative estimate of drug-likeness (QED) is 0.558. The largest absolute Gasteiger partial charge is 0.423 e. The number of rotatable bonds is 2. The lowest BCUT2D eigenvalue weighted by Crippen LogP contribution is -2.21. The summed E-state index contributed by atoms with van der Waals surface area (Å²) in [7, 11) is 0. The minimum Gasteiger partial charge on any atom is -0.423 e. The first-order valence-electron chi connectivity index (χ1n) is 6.58. The van der Waals surface area contributed by atoms with Gasteiger partial charge in [0.15, 0.2) is 0 Å². The Morgan fingerprint density at radius 1 is 0.778 bits per heavy atom. The molecule has 0 spiro atoms. The van der Waals surface area contributed by atoms with E-state index in [1.54, 1.807) is 0 Å². The van der Waals surface area contributed by atoms with Gasteiger partial charge in [-0.2, -0.15) is 0 Å². The van der Waals surface area contributed by atoms with E-state index in [1.165, 1.54) is 0 Å². The molecule has 98 valence electrons. The molecular weight excluding hydrogens is 232 g/mol. The minimum atomic E-state index is -0.908. The Labute approximate surface area is 107 Å². The molecule has 18 heavy (non-hydrogen) atoms. The number of allylic oxidation sites excluding steroid dienone is 4. The highest BCUT2D eigenvalue weighted by molar-refractivity contribution is 6.30. The lowest BCUT2D eigenvalue weighted by Gasteiger charge is -2.14. The van der Waals surface area contributed by atoms with Crippen molar-refractivity contribution in [2.75, 3.05) is 0 Å². The maximum absolute atomic E-state index is 11.5. The van der Waals surface area contributed by atoms with E-state index in [-0.39, 0.29) is 0 Å².